The minimum absolute atomic E-state index is 0.158. The van der Waals surface area contributed by atoms with Gasteiger partial charge in [0, 0.05) is 52.3 Å². The minimum Gasteiger partial charge on any atom is -0.378 e. The molecule has 28 heavy (non-hydrogen) atoms. The summed E-state index contributed by atoms with van der Waals surface area (Å²) in [5, 5.41) is 7.34. The van der Waals surface area contributed by atoms with Crippen molar-refractivity contribution in [3.05, 3.63) is 57.6 Å². The van der Waals surface area contributed by atoms with Crippen molar-refractivity contribution >= 4 is 40.5 Å². The number of hydrogen-bond acceptors (Lipinski definition) is 4. The Bertz CT molecular complexity index is 890. The Hall–Kier alpha value is -1.95. The van der Waals surface area contributed by atoms with Crippen LogP contribution < -0.4 is 15.5 Å². The topological polar surface area (TPSA) is 47.6 Å². The second kappa shape index (κ2) is 7.47. The molecule has 0 radical (unpaired) electrons. The van der Waals surface area contributed by atoms with Gasteiger partial charge in [-0.25, -0.2) is 0 Å². The largest absolute Gasteiger partial charge is 0.378 e. The molecular formula is C21H24Cl2N4O. The number of hydrogen-bond donors (Lipinski definition) is 2. The van der Waals surface area contributed by atoms with Crippen molar-refractivity contribution in [2.75, 3.05) is 37.4 Å². The number of piperidine rings is 1. The van der Waals surface area contributed by atoms with Crippen LogP contribution in [0.25, 0.3) is 0 Å². The molecule has 1 amide bonds. The molecule has 1 spiro atoms. The van der Waals surface area contributed by atoms with Crippen LogP contribution in [0.5, 0.6) is 0 Å². The maximum Gasteiger partial charge on any atom is 0.256 e. The van der Waals surface area contributed by atoms with Gasteiger partial charge in [0.05, 0.1) is 21.3 Å². The van der Waals surface area contributed by atoms with E-state index in [0.29, 0.717) is 15.6 Å². The van der Waals surface area contributed by atoms with Crippen molar-refractivity contribution in [1.29, 1.82) is 0 Å². The number of fused-ring (bicyclic) bond motifs is 1. The number of carbonyl (C=O) groups is 1. The first-order chi connectivity index (χ1) is 13.4. The molecule has 2 aromatic rings. The van der Waals surface area contributed by atoms with Crippen LogP contribution in [0.2, 0.25) is 10.0 Å². The lowest BCUT2D eigenvalue weighted by Gasteiger charge is -2.46. The molecule has 0 unspecified atom stereocenters. The number of anilines is 2. The monoisotopic (exact) mass is 418 g/mol. The van der Waals surface area contributed by atoms with E-state index in [1.54, 1.807) is 6.07 Å². The minimum atomic E-state index is -0.424. The molecule has 0 aliphatic carbocycles. The Morgan fingerprint density at radius 3 is 2.36 bits per heavy atom. The second-order valence-corrected chi connectivity index (χ2v) is 8.57. The third kappa shape index (κ3) is 3.66. The molecule has 0 bridgehead atoms. The van der Waals surface area contributed by atoms with Crippen LogP contribution in [0, 0.1) is 0 Å². The lowest BCUT2D eigenvalue weighted by Crippen LogP contribution is -2.62. The molecule has 1 saturated heterocycles. The molecule has 2 aliphatic rings. The summed E-state index contributed by atoms with van der Waals surface area (Å²) in [5.41, 5.74) is 3.27. The fourth-order valence-corrected chi connectivity index (χ4v) is 4.35. The molecule has 7 heteroatoms. The lowest BCUT2D eigenvalue weighted by molar-refractivity contribution is 0.0822. The summed E-state index contributed by atoms with van der Waals surface area (Å²) < 4.78 is 0. The highest BCUT2D eigenvalue weighted by Crippen LogP contribution is 2.38. The highest BCUT2D eigenvalue weighted by Gasteiger charge is 2.41. The Morgan fingerprint density at radius 2 is 1.71 bits per heavy atom. The van der Waals surface area contributed by atoms with Crippen molar-refractivity contribution in [3.8, 4) is 0 Å². The Morgan fingerprint density at radius 1 is 1.04 bits per heavy atom. The number of amides is 1. The van der Waals surface area contributed by atoms with Gasteiger partial charge in [0.2, 0.25) is 0 Å². The van der Waals surface area contributed by atoms with Gasteiger partial charge in [-0.15, -0.1) is 0 Å². The van der Waals surface area contributed by atoms with E-state index in [0.717, 1.165) is 38.2 Å². The van der Waals surface area contributed by atoms with Crippen molar-refractivity contribution in [1.82, 2.24) is 10.2 Å². The van der Waals surface area contributed by atoms with Crippen LogP contribution in [0.15, 0.2) is 36.4 Å². The molecule has 2 heterocycles. The second-order valence-electron chi connectivity index (χ2n) is 7.78. The van der Waals surface area contributed by atoms with Gasteiger partial charge >= 0.3 is 0 Å². The summed E-state index contributed by atoms with van der Waals surface area (Å²) in [5.74, 6) is -0.158. The van der Waals surface area contributed by atoms with E-state index in [4.69, 9.17) is 23.2 Å². The maximum atomic E-state index is 12.7. The number of rotatable bonds is 3. The van der Waals surface area contributed by atoms with E-state index in [-0.39, 0.29) is 5.91 Å². The number of nitrogens with zero attached hydrogens (tertiary/aromatic N) is 2. The molecule has 1 fully saturated rings. The summed E-state index contributed by atoms with van der Waals surface area (Å²) in [4.78, 5) is 17.2. The lowest BCUT2D eigenvalue weighted by atomic mass is 9.92. The first-order valence-corrected chi connectivity index (χ1v) is 10.2. The van der Waals surface area contributed by atoms with Gasteiger partial charge in [-0.05, 0) is 29.8 Å². The van der Waals surface area contributed by atoms with Crippen LogP contribution in [-0.4, -0.2) is 43.7 Å². The van der Waals surface area contributed by atoms with Gasteiger partial charge in [-0.2, -0.15) is 0 Å². The summed E-state index contributed by atoms with van der Waals surface area (Å²) in [6.07, 6.45) is 1.66. The van der Waals surface area contributed by atoms with Crippen LogP contribution in [0.1, 0.15) is 28.8 Å². The summed E-state index contributed by atoms with van der Waals surface area (Å²) >= 11 is 12.3. The highest BCUT2D eigenvalue weighted by molar-refractivity contribution is 6.44. The van der Waals surface area contributed by atoms with E-state index in [1.165, 1.54) is 11.3 Å². The van der Waals surface area contributed by atoms with Crippen molar-refractivity contribution in [3.63, 3.8) is 0 Å². The van der Waals surface area contributed by atoms with Gasteiger partial charge in [0.15, 0.2) is 0 Å². The van der Waals surface area contributed by atoms with E-state index in [1.807, 2.05) is 20.2 Å². The average molecular weight is 419 g/mol. The first kappa shape index (κ1) is 19.4. The number of nitrogens with one attached hydrogen (secondary N) is 2. The van der Waals surface area contributed by atoms with Crippen LogP contribution in [0.3, 0.4) is 0 Å². The average Bonchev–Trinajstić information content (AvgIpc) is 2.67. The van der Waals surface area contributed by atoms with Crippen LogP contribution in [0.4, 0.5) is 11.4 Å². The predicted octanol–water partition coefficient (Wildman–Crippen LogP) is 4.21. The molecule has 0 aromatic heterocycles. The smallest absolute Gasteiger partial charge is 0.256 e. The maximum absolute atomic E-state index is 12.7. The molecule has 2 aromatic carbocycles. The zero-order valence-electron chi connectivity index (χ0n) is 16.1. The highest BCUT2D eigenvalue weighted by atomic mass is 35.5. The summed E-state index contributed by atoms with van der Waals surface area (Å²) in [7, 11) is 4.09. The SMILES string of the molecule is CN(C)c1ccc(CN2CCC3(CC2)NC(=O)c2c(ccc(Cl)c2Cl)N3)cc1. The van der Waals surface area contributed by atoms with Crippen LogP contribution in [-0.2, 0) is 6.54 Å². The van der Waals surface area contributed by atoms with E-state index in [2.05, 4.69) is 44.7 Å². The number of benzene rings is 2. The molecular weight excluding hydrogens is 395 g/mol. The molecule has 2 N–H and O–H groups in total. The summed E-state index contributed by atoms with van der Waals surface area (Å²) in [6.45, 7) is 2.72. The molecule has 5 nitrogen and oxygen atoms in total. The fraction of sp³-hybridized carbons (Fsp3) is 0.381. The van der Waals surface area contributed by atoms with Gasteiger partial charge in [0.1, 0.15) is 5.66 Å². The standard InChI is InChI=1S/C21H24Cl2N4O/c1-26(2)15-5-3-14(4-6-15)13-27-11-9-21(10-12-27)24-17-8-7-16(22)19(23)18(17)20(28)25-21/h3-8,24H,9-13H2,1-2H3,(H,25,28). The van der Waals surface area contributed by atoms with E-state index in [9.17, 15) is 4.79 Å². The van der Waals surface area contributed by atoms with Gasteiger partial charge < -0.3 is 15.5 Å². The van der Waals surface area contributed by atoms with Crippen molar-refractivity contribution in [2.24, 2.45) is 0 Å². The predicted molar refractivity (Wildman–Crippen MR) is 116 cm³/mol. The zero-order valence-corrected chi connectivity index (χ0v) is 17.6. The van der Waals surface area contributed by atoms with Gasteiger partial charge in [-0.1, -0.05) is 35.3 Å². The van der Waals surface area contributed by atoms with Crippen molar-refractivity contribution < 1.29 is 4.79 Å². The molecule has 0 saturated carbocycles. The normalized spacial score (nSPS) is 18.4. The van der Waals surface area contributed by atoms with E-state index < -0.39 is 5.66 Å². The number of carbonyl (C=O) groups excluding carboxylic acids is 1. The Labute approximate surface area is 175 Å². The number of halogens is 2. The fourth-order valence-electron chi connectivity index (χ4n) is 3.95. The third-order valence-electron chi connectivity index (χ3n) is 5.62. The Balaban J connectivity index is 1.42. The van der Waals surface area contributed by atoms with Gasteiger partial charge in [-0.3, -0.25) is 9.69 Å². The third-order valence-corrected chi connectivity index (χ3v) is 6.42. The molecule has 4 rings (SSSR count). The van der Waals surface area contributed by atoms with Crippen molar-refractivity contribution in [2.45, 2.75) is 25.0 Å². The molecule has 2 aliphatic heterocycles. The molecule has 0 atom stereocenters. The van der Waals surface area contributed by atoms with Gasteiger partial charge in [0.25, 0.3) is 5.91 Å². The molecule has 148 valence electrons. The number of likely N-dealkylation sites (tertiary alicyclic amines) is 1. The Kier molecular flexibility index (Phi) is 5.17. The van der Waals surface area contributed by atoms with E-state index >= 15 is 0 Å². The first-order valence-electron chi connectivity index (χ1n) is 9.44. The summed E-state index contributed by atoms with van der Waals surface area (Å²) in [6, 6.07) is 12.2. The zero-order chi connectivity index (χ0) is 19.9. The van der Waals surface area contributed by atoms with Crippen LogP contribution >= 0.6 is 23.2 Å². The quantitative estimate of drug-likeness (QED) is 0.783.